The molecule has 0 saturated heterocycles. The quantitative estimate of drug-likeness (QED) is 0.685. The molecular weight excluding hydrogens is 255 g/mol. The van der Waals surface area contributed by atoms with Crippen molar-refractivity contribution in [3.8, 4) is 0 Å². The highest BCUT2D eigenvalue weighted by atomic mass is 35.5. The van der Waals surface area contributed by atoms with E-state index in [1.54, 1.807) is 6.07 Å². The number of halogens is 2. The zero-order chi connectivity index (χ0) is 12.0. The van der Waals surface area contributed by atoms with E-state index in [0.717, 1.165) is 29.2 Å². The molecule has 17 heavy (non-hydrogen) atoms. The van der Waals surface area contributed by atoms with Crippen LogP contribution in [0.2, 0.25) is 10.0 Å². The fourth-order valence-electron chi connectivity index (χ4n) is 2.05. The minimum Gasteiger partial charge on any atom is -0.328 e. The van der Waals surface area contributed by atoms with Gasteiger partial charge in [-0.1, -0.05) is 29.3 Å². The predicted molar refractivity (Wildman–Crippen MR) is 72.1 cm³/mol. The van der Waals surface area contributed by atoms with Gasteiger partial charge in [0.2, 0.25) is 0 Å². The van der Waals surface area contributed by atoms with Crippen molar-refractivity contribution in [2.75, 3.05) is 0 Å². The number of hydrogen-bond donors (Lipinski definition) is 0. The predicted octanol–water partition coefficient (Wildman–Crippen LogP) is 4.23. The summed E-state index contributed by atoms with van der Waals surface area (Å²) in [6.07, 6.45) is 7.95. The van der Waals surface area contributed by atoms with Crippen molar-refractivity contribution in [3.63, 3.8) is 0 Å². The zero-order valence-electron chi connectivity index (χ0n) is 9.24. The second kappa shape index (κ2) is 3.90. The van der Waals surface area contributed by atoms with Gasteiger partial charge in [-0.25, -0.2) is 4.99 Å². The minimum absolute atomic E-state index is 0.668. The van der Waals surface area contributed by atoms with Crippen LogP contribution in [0.5, 0.6) is 0 Å². The van der Waals surface area contributed by atoms with Gasteiger partial charge in [0.15, 0.2) is 0 Å². The summed E-state index contributed by atoms with van der Waals surface area (Å²) >= 11 is 12.4. The Morgan fingerprint density at radius 1 is 1.24 bits per heavy atom. The molecule has 0 atom stereocenters. The van der Waals surface area contributed by atoms with Gasteiger partial charge >= 0.3 is 0 Å². The van der Waals surface area contributed by atoms with Crippen LogP contribution in [0.4, 0.5) is 5.69 Å². The molecule has 0 amide bonds. The summed E-state index contributed by atoms with van der Waals surface area (Å²) in [7, 11) is 0. The third-order valence-corrected chi connectivity index (χ3v) is 3.74. The van der Waals surface area contributed by atoms with E-state index in [2.05, 4.69) is 9.89 Å². The smallest absolute Gasteiger partial charge is 0.133 e. The first-order valence-electron chi connectivity index (χ1n) is 5.34. The van der Waals surface area contributed by atoms with E-state index >= 15 is 0 Å². The van der Waals surface area contributed by atoms with Crippen molar-refractivity contribution >= 4 is 34.7 Å². The SMILES string of the molecule is Cc1c(Cl)cc(Cl)c2c1N=C1C=CC=CN1C2. The van der Waals surface area contributed by atoms with Gasteiger partial charge in [-0.15, -0.1) is 0 Å². The van der Waals surface area contributed by atoms with Crippen LogP contribution in [0.25, 0.3) is 0 Å². The van der Waals surface area contributed by atoms with Crippen LogP contribution in [0, 0.1) is 6.92 Å². The van der Waals surface area contributed by atoms with Gasteiger partial charge in [0, 0.05) is 21.8 Å². The Balaban J connectivity index is 2.23. The van der Waals surface area contributed by atoms with Gasteiger partial charge in [0.25, 0.3) is 0 Å². The van der Waals surface area contributed by atoms with Crippen molar-refractivity contribution in [1.29, 1.82) is 0 Å². The van der Waals surface area contributed by atoms with E-state index < -0.39 is 0 Å². The second-order valence-corrected chi connectivity index (χ2v) is 4.91. The van der Waals surface area contributed by atoms with Crippen molar-refractivity contribution in [1.82, 2.24) is 4.90 Å². The van der Waals surface area contributed by atoms with Crippen LogP contribution in [-0.2, 0) is 6.54 Å². The van der Waals surface area contributed by atoms with Crippen LogP contribution in [0.3, 0.4) is 0 Å². The number of allylic oxidation sites excluding steroid dienone is 2. The Hall–Kier alpha value is -1.25. The van der Waals surface area contributed by atoms with Gasteiger partial charge in [0.1, 0.15) is 5.84 Å². The molecule has 0 unspecified atom stereocenters. The summed E-state index contributed by atoms with van der Waals surface area (Å²) in [5, 5.41) is 1.35. The standard InChI is InChI=1S/C13H10Cl2N2/c1-8-10(14)6-11(15)9-7-17-5-3-2-4-12(17)16-13(8)9/h2-6H,7H2,1H3. The maximum Gasteiger partial charge on any atom is 0.133 e. The molecule has 1 aromatic rings. The van der Waals surface area contributed by atoms with Crippen molar-refractivity contribution in [3.05, 3.63) is 51.7 Å². The van der Waals surface area contributed by atoms with Crippen molar-refractivity contribution in [2.45, 2.75) is 13.5 Å². The molecule has 86 valence electrons. The Kier molecular flexibility index (Phi) is 2.49. The Morgan fingerprint density at radius 2 is 2.06 bits per heavy atom. The molecule has 0 aliphatic carbocycles. The van der Waals surface area contributed by atoms with Crippen LogP contribution in [-0.4, -0.2) is 10.7 Å². The highest BCUT2D eigenvalue weighted by Crippen LogP contribution is 2.39. The molecule has 1 aromatic carbocycles. The van der Waals surface area contributed by atoms with E-state index in [4.69, 9.17) is 23.2 Å². The Labute approximate surface area is 110 Å². The van der Waals surface area contributed by atoms with E-state index in [0.29, 0.717) is 10.0 Å². The molecule has 2 heterocycles. The summed E-state index contributed by atoms with van der Waals surface area (Å²) in [5.74, 6) is 0.932. The number of nitrogens with zero attached hydrogens (tertiary/aromatic N) is 2. The topological polar surface area (TPSA) is 15.6 Å². The van der Waals surface area contributed by atoms with Crippen LogP contribution in [0.1, 0.15) is 11.1 Å². The first-order chi connectivity index (χ1) is 8.16. The fourth-order valence-corrected chi connectivity index (χ4v) is 2.56. The minimum atomic E-state index is 0.668. The Bertz CT molecular complexity index is 586. The summed E-state index contributed by atoms with van der Waals surface area (Å²) in [4.78, 5) is 6.70. The molecule has 0 fully saturated rings. The molecule has 0 saturated carbocycles. The van der Waals surface area contributed by atoms with Gasteiger partial charge in [-0.05, 0) is 30.7 Å². The maximum absolute atomic E-state index is 6.23. The summed E-state index contributed by atoms with van der Waals surface area (Å²) in [5.41, 5.74) is 2.94. The number of hydrogen-bond acceptors (Lipinski definition) is 2. The average Bonchev–Trinajstić information content (AvgIpc) is 2.34. The molecule has 0 spiro atoms. The van der Waals surface area contributed by atoms with E-state index in [-0.39, 0.29) is 0 Å². The lowest BCUT2D eigenvalue weighted by atomic mass is 10.0. The molecule has 4 heteroatoms. The number of fused-ring (bicyclic) bond motifs is 2. The fraction of sp³-hybridized carbons (Fsp3) is 0.154. The summed E-state index contributed by atoms with van der Waals surface area (Å²) in [6, 6.07) is 1.79. The van der Waals surface area contributed by atoms with Crippen LogP contribution in [0.15, 0.2) is 35.5 Å². The molecule has 2 aliphatic heterocycles. The molecule has 3 rings (SSSR count). The van der Waals surface area contributed by atoms with Crippen LogP contribution < -0.4 is 0 Å². The van der Waals surface area contributed by atoms with Crippen molar-refractivity contribution < 1.29 is 0 Å². The van der Waals surface area contributed by atoms with Crippen LogP contribution >= 0.6 is 23.2 Å². The largest absolute Gasteiger partial charge is 0.328 e. The molecule has 0 aromatic heterocycles. The molecule has 0 N–H and O–H groups in total. The number of amidine groups is 1. The number of rotatable bonds is 0. The van der Waals surface area contributed by atoms with E-state index in [1.165, 1.54) is 0 Å². The number of aliphatic imine (C=N–C) groups is 1. The van der Waals surface area contributed by atoms with Gasteiger partial charge in [-0.2, -0.15) is 0 Å². The normalized spacial score (nSPS) is 16.6. The molecule has 0 radical (unpaired) electrons. The first kappa shape index (κ1) is 10.9. The lowest BCUT2D eigenvalue weighted by molar-refractivity contribution is 0.544. The zero-order valence-corrected chi connectivity index (χ0v) is 10.8. The highest BCUT2D eigenvalue weighted by Gasteiger charge is 2.22. The highest BCUT2D eigenvalue weighted by molar-refractivity contribution is 6.36. The van der Waals surface area contributed by atoms with E-state index in [9.17, 15) is 0 Å². The first-order valence-corrected chi connectivity index (χ1v) is 6.10. The third-order valence-electron chi connectivity index (χ3n) is 3.01. The van der Waals surface area contributed by atoms with Gasteiger partial charge in [-0.3, -0.25) is 0 Å². The molecular formula is C13H10Cl2N2. The van der Waals surface area contributed by atoms with Gasteiger partial charge in [0.05, 0.1) is 12.2 Å². The number of benzene rings is 1. The Morgan fingerprint density at radius 3 is 2.88 bits per heavy atom. The average molecular weight is 265 g/mol. The molecule has 0 bridgehead atoms. The van der Waals surface area contributed by atoms with Gasteiger partial charge < -0.3 is 4.90 Å². The lowest BCUT2D eigenvalue weighted by Crippen LogP contribution is -2.28. The molecule has 2 nitrogen and oxygen atoms in total. The monoisotopic (exact) mass is 264 g/mol. The second-order valence-electron chi connectivity index (χ2n) is 4.09. The summed E-state index contributed by atoms with van der Waals surface area (Å²) < 4.78 is 0. The summed E-state index contributed by atoms with van der Waals surface area (Å²) in [6.45, 7) is 2.71. The third kappa shape index (κ3) is 1.68. The van der Waals surface area contributed by atoms with Crippen molar-refractivity contribution in [2.24, 2.45) is 4.99 Å². The lowest BCUT2D eigenvalue weighted by Gasteiger charge is -2.29. The van der Waals surface area contributed by atoms with E-state index in [1.807, 2.05) is 31.4 Å². The molecule has 2 aliphatic rings. The maximum atomic E-state index is 6.23.